The van der Waals surface area contributed by atoms with Crippen molar-refractivity contribution in [1.29, 1.82) is 0 Å². The summed E-state index contributed by atoms with van der Waals surface area (Å²) in [6.45, 7) is 0.529. The van der Waals surface area contributed by atoms with Gasteiger partial charge in [-0.25, -0.2) is 0 Å². The summed E-state index contributed by atoms with van der Waals surface area (Å²) in [5, 5.41) is 5.73. The fraction of sp³-hybridized carbons (Fsp3) is 0.130. The Bertz CT molecular complexity index is 1090. The molecule has 158 valence electrons. The summed E-state index contributed by atoms with van der Waals surface area (Å²) in [6, 6.07) is 16.0. The van der Waals surface area contributed by atoms with Crippen molar-refractivity contribution in [2.24, 2.45) is 4.99 Å². The van der Waals surface area contributed by atoms with Gasteiger partial charge in [0.25, 0.3) is 11.8 Å². The third-order valence-electron chi connectivity index (χ3n) is 4.30. The van der Waals surface area contributed by atoms with E-state index in [9.17, 15) is 9.59 Å². The molecule has 2 aromatic carbocycles. The summed E-state index contributed by atoms with van der Waals surface area (Å²) >= 11 is 6.19. The molecule has 3 rings (SSSR count). The number of pyridine rings is 1. The minimum absolute atomic E-state index is 0.134. The fourth-order valence-electron chi connectivity index (χ4n) is 2.73. The lowest BCUT2D eigenvalue weighted by molar-refractivity contribution is 0.0947. The number of hydrogen-bond donors (Lipinski definition) is 2. The van der Waals surface area contributed by atoms with E-state index in [2.05, 4.69) is 20.6 Å². The van der Waals surface area contributed by atoms with Gasteiger partial charge in [0.05, 0.1) is 28.0 Å². The molecule has 0 saturated carbocycles. The second kappa shape index (κ2) is 10.9. The molecule has 0 atom stereocenters. The highest BCUT2D eigenvalue weighted by atomic mass is 35.5. The van der Waals surface area contributed by atoms with Crippen LogP contribution in [0.1, 0.15) is 26.3 Å². The van der Waals surface area contributed by atoms with Crippen molar-refractivity contribution in [3.63, 3.8) is 0 Å². The molecule has 0 bridgehead atoms. The summed E-state index contributed by atoms with van der Waals surface area (Å²) in [4.78, 5) is 32.6. The second-order valence-electron chi connectivity index (χ2n) is 6.40. The van der Waals surface area contributed by atoms with Crippen LogP contribution in [0.2, 0.25) is 5.02 Å². The minimum atomic E-state index is -0.293. The maximum absolute atomic E-state index is 12.5. The Balaban J connectivity index is 1.61. The van der Waals surface area contributed by atoms with E-state index in [1.807, 2.05) is 30.3 Å². The summed E-state index contributed by atoms with van der Waals surface area (Å²) in [5.74, 6) is -0.0729. The van der Waals surface area contributed by atoms with Crippen molar-refractivity contribution in [2.75, 3.05) is 13.7 Å². The fourth-order valence-corrected chi connectivity index (χ4v) is 2.93. The lowest BCUT2D eigenvalue weighted by atomic mass is 10.2. The summed E-state index contributed by atoms with van der Waals surface area (Å²) in [6.07, 6.45) is 4.55. The first-order valence-electron chi connectivity index (χ1n) is 9.51. The number of amides is 2. The topological polar surface area (TPSA) is 92.7 Å². The number of halogens is 1. The van der Waals surface area contributed by atoms with Gasteiger partial charge < -0.3 is 15.4 Å². The van der Waals surface area contributed by atoms with Crippen LogP contribution in [-0.2, 0) is 6.54 Å². The van der Waals surface area contributed by atoms with Crippen LogP contribution in [0.3, 0.4) is 0 Å². The molecule has 0 fully saturated rings. The van der Waals surface area contributed by atoms with E-state index in [4.69, 9.17) is 16.3 Å². The molecular formula is C23H21ClN4O3. The van der Waals surface area contributed by atoms with Crippen LogP contribution in [0.25, 0.3) is 0 Å². The van der Waals surface area contributed by atoms with Crippen molar-refractivity contribution in [3.8, 4) is 5.75 Å². The van der Waals surface area contributed by atoms with Gasteiger partial charge in [0.1, 0.15) is 12.4 Å². The minimum Gasteiger partial charge on any atom is -0.488 e. The zero-order chi connectivity index (χ0) is 22.1. The molecule has 3 aromatic rings. The number of hydrogen-bond acceptors (Lipinski definition) is 5. The molecule has 0 aliphatic rings. The number of nitrogens with zero attached hydrogens (tertiary/aromatic N) is 2. The summed E-state index contributed by atoms with van der Waals surface area (Å²) in [7, 11) is 1.55. The van der Waals surface area contributed by atoms with Crippen LogP contribution in [0.5, 0.6) is 5.75 Å². The van der Waals surface area contributed by atoms with Gasteiger partial charge in [0.15, 0.2) is 0 Å². The van der Waals surface area contributed by atoms with Gasteiger partial charge in [-0.2, -0.15) is 0 Å². The third kappa shape index (κ3) is 6.13. The van der Waals surface area contributed by atoms with Gasteiger partial charge in [0.2, 0.25) is 0 Å². The number of carbonyl (C=O) groups is 2. The number of rotatable bonds is 8. The first-order chi connectivity index (χ1) is 15.1. The Labute approximate surface area is 185 Å². The first kappa shape index (κ1) is 22.0. The second-order valence-corrected chi connectivity index (χ2v) is 6.81. The van der Waals surface area contributed by atoms with Crippen LogP contribution in [-0.4, -0.2) is 36.7 Å². The van der Waals surface area contributed by atoms with E-state index in [1.54, 1.807) is 31.3 Å². The van der Waals surface area contributed by atoms with Gasteiger partial charge in [-0.05, 0) is 29.8 Å². The SMILES string of the molecule is CNC(=O)c1ccncc1N=CCOc1ccc(Cl)c(C(=O)NCc2ccccc2)c1. The molecule has 8 heteroatoms. The largest absolute Gasteiger partial charge is 0.488 e. The quantitative estimate of drug-likeness (QED) is 0.525. The molecule has 31 heavy (non-hydrogen) atoms. The Hall–Kier alpha value is -3.71. The van der Waals surface area contributed by atoms with Gasteiger partial charge >= 0.3 is 0 Å². The van der Waals surface area contributed by atoms with Crippen molar-refractivity contribution in [1.82, 2.24) is 15.6 Å². The van der Waals surface area contributed by atoms with Crippen LogP contribution >= 0.6 is 11.6 Å². The molecule has 2 amide bonds. The Morgan fingerprint density at radius 1 is 1.10 bits per heavy atom. The molecule has 2 N–H and O–H groups in total. The standard InChI is InChI=1S/C23H21ClN4O3/c1-25-22(29)18-9-10-26-15-21(18)27-11-12-31-17-7-8-20(24)19(13-17)23(30)28-14-16-5-3-2-4-6-16/h2-11,13,15H,12,14H2,1H3,(H,25,29)(H,28,30). The maximum atomic E-state index is 12.5. The molecule has 0 unspecified atom stereocenters. The number of aromatic nitrogens is 1. The summed E-state index contributed by atoms with van der Waals surface area (Å²) in [5.41, 5.74) is 2.16. The normalized spacial score (nSPS) is 10.6. The van der Waals surface area contributed by atoms with Gasteiger partial charge in [0, 0.05) is 26.0 Å². The molecule has 1 aromatic heterocycles. The third-order valence-corrected chi connectivity index (χ3v) is 4.63. The number of benzene rings is 2. The lowest BCUT2D eigenvalue weighted by Crippen LogP contribution is -2.23. The average Bonchev–Trinajstić information content (AvgIpc) is 2.81. The number of aliphatic imine (C=N–C) groups is 1. The number of carbonyl (C=O) groups excluding carboxylic acids is 2. The Kier molecular flexibility index (Phi) is 7.73. The highest BCUT2D eigenvalue weighted by molar-refractivity contribution is 6.33. The van der Waals surface area contributed by atoms with Gasteiger partial charge in [-0.3, -0.25) is 19.6 Å². The van der Waals surface area contributed by atoms with E-state index < -0.39 is 0 Å². The maximum Gasteiger partial charge on any atom is 0.253 e. The van der Waals surface area contributed by atoms with E-state index in [-0.39, 0.29) is 18.4 Å². The number of ether oxygens (including phenoxy) is 1. The lowest BCUT2D eigenvalue weighted by Gasteiger charge is -2.09. The summed E-state index contributed by atoms with van der Waals surface area (Å²) < 4.78 is 5.65. The van der Waals surface area contributed by atoms with Gasteiger partial charge in [-0.15, -0.1) is 0 Å². The molecule has 0 spiro atoms. The molecule has 0 aliphatic heterocycles. The van der Waals surface area contributed by atoms with Crippen LogP contribution in [0, 0.1) is 0 Å². The average molecular weight is 437 g/mol. The van der Waals surface area contributed by atoms with E-state index in [0.717, 1.165) is 5.56 Å². The molecule has 7 nitrogen and oxygen atoms in total. The van der Waals surface area contributed by atoms with Crippen molar-refractivity contribution in [3.05, 3.63) is 88.7 Å². The van der Waals surface area contributed by atoms with E-state index >= 15 is 0 Å². The van der Waals surface area contributed by atoms with Crippen LogP contribution in [0.15, 0.2) is 72.0 Å². The zero-order valence-electron chi connectivity index (χ0n) is 16.8. The molecule has 0 saturated heterocycles. The number of nitrogens with one attached hydrogen (secondary N) is 2. The van der Waals surface area contributed by atoms with Crippen molar-refractivity contribution >= 4 is 35.3 Å². The van der Waals surface area contributed by atoms with Crippen LogP contribution < -0.4 is 15.4 Å². The molecular weight excluding hydrogens is 416 g/mol. The molecule has 1 heterocycles. The highest BCUT2D eigenvalue weighted by Crippen LogP contribution is 2.22. The van der Waals surface area contributed by atoms with Crippen LogP contribution in [0.4, 0.5) is 5.69 Å². The monoisotopic (exact) mass is 436 g/mol. The highest BCUT2D eigenvalue weighted by Gasteiger charge is 2.12. The van der Waals surface area contributed by atoms with E-state index in [1.165, 1.54) is 18.6 Å². The van der Waals surface area contributed by atoms with Crippen molar-refractivity contribution < 1.29 is 14.3 Å². The molecule has 0 radical (unpaired) electrons. The molecule has 0 aliphatic carbocycles. The smallest absolute Gasteiger partial charge is 0.253 e. The van der Waals surface area contributed by atoms with Gasteiger partial charge in [-0.1, -0.05) is 41.9 Å². The predicted molar refractivity (Wildman–Crippen MR) is 120 cm³/mol. The Morgan fingerprint density at radius 2 is 1.90 bits per heavy atom. The Morgan fingerprint density at radius 3 is 2.68 bits per heavy atom. The predicted octanol–water partition coefficient (Wildman–Crippen LogP) is 3.81. The zero-order valence-corrected chi connectivity index (χ0v) is 17.6. The van der Waals surface area contributed by atoms with Crippen molar-refractivity contribution in [2.45, 2.75) is 6.54 Å². The van der Waals surface area contributed by atoms with E-state index in [0.29, 0.717) is 34.1 Å². The first-order valence-corrected chi connectivity index (χ1v) is 9.89.